The molecule has 0 aliphatic carbocycles. The fourth-order valence-corrected chi connectivity index (χ4v) is 1.36. The van der Waals surface area contributed by atoms with Gasteiger partial charge in [-0.2, -0.15) is 0 Å². The Morgan fingerprint density at radius 2 is 1.89 bits per heavy atom. The van der Waals surface area contributed by atoms with Crippen LogP contribution >= 0.6 is 0 Å². The van der Waals surface area contributed by atoms with Gasteiger partial charge in [0.1, 0.15) is 5.60 Å². The summed E-state index contributed by atoms with van der Waals surface area (Å²) in [6, 6.07) is 7.19. The SMILES string of the molecule is CC(C)(C)OC(=O)c1ccc(C=CCCO)cc1. The number of rotatable bonds is 4. The van der Waals surface area contributed by atoms with Crippen LogP contribution in [0.1, 0.15) is 43.1 Å². The highest BCUT2D eigenvalue weighted by atomic mass is 16.6. The van der Waals surface area contributed by atoms with Crippen LogP contribution in [-0.4, -0.2) is 23.3 Å². The van der Waals surface area contributed by atoms with E-state index in [1.807, 2.05) is 45.1 Å². The molecule has 0 unspecified atom stereocenters. The normalized spacial score (nSPS) is 11.8. The van der Waals surface area contributed by atoms with E-state index in [-0.39, 0.29) is 12.6 Å². The maximum absolute atomic E-state index is 11.8. The van der Waals surface area contributed by atoms with Crippen molar-refractivity contribution in [3.63, 3.8) is 0 Å². The summed E-state index contributed by atoms with van der Waals surface area (Å²) >= 11 is 0. The number of benzene rings is 1. The fourth-order valence-electron chi connectivity index (χ4n) is 1.36. The molecule has 1 N–H and O–H groups in total. The lowest BCUT2D eigenvalue weighted by Gasteiger charge is -2.19. The van der Waals surface area contributed by atoms with Gasteiger partial charge >= 0.3 is 5.97 Å². The van der Waals surface area contributed by atoms with Crippen LogP contribution < -0.4 is 0 Å². The molecule has 0 saturated heterocycles. The van der Waals surface area contributed by atoms with Gasteiger partial charge in [-0.05, 0) is 44.9 Å². The van der Waals surface area contributed by atoms with Crippen molar-refractivity contribution >= 4 is 12.0 Å². The molecule has 1 aromatic rings. The van der Waals surface area contributed by atoms with Gasteiger partial charge in [0.15, 0.2) is 0 Å². The first-order valence-electron chi connectivity index (χ1n) is 6.03. The van der Waals surface area contributed by atoms with Crippen molar-refractivity contribution in [3.8, 4) is 0 Å². The number of hydrogen-bond donors (Lipinski definition) is 1. The molecule has 0 aromatic heterocycles. The van der Waals surface area contributed by atoms with Crippen molar-refractivity contribution in [2.24, 2.45) is 0 Å². The number of ether oxygens (including phenoxy) is 1. The Kier molecular flexibility index (Phi) is 5.10. The molecule has 0 bridgehead atoms. The maximum atomic E-state index is 11.8. The van der Waals surface area contributed by atoms with Crippen LogP contribution in [0.5, 0.6) is 0 Å². The summed E-state index contributed by atoms with van der Waals surface area (Å²) in [4.78, 5) is 11.8. The van der Waals surface area contributed by atoms with E-state index in [0.717, 1.165) is 5.56 Å². The minimum absolute atomic E-state index is 0.145. The number of carbonyl (C=O) groups excluding carboxylic acids is 1. The number of hydrogen-bond acceptors (Lipinski definition) is 3. The highest BCUT2D eigenvalue weighted by molar-refractivity contribution is 5.89. The predicted molar refractivity (Wildman–Crippen MR) is 72.3 cm³/mol. The van der Waals surface area contributed by atoms with Gasteiger partial charge in [0, 0.05) is 6.61 Å². The van der Waals surface area contributed by atoms with Crippen LogP contribution in [0.25, 0.3) is 6.08 Å². The van der Waals surface area contributed by atoms with Crippen molar-refractivity contribution in [1.29, 1.82) is 0 Å². The highest BCUT2D eigenvalue weighted by Crippen LogP contribution is 2.13. The second-order valence-electron chi connectivity index (χ2n) is 5.04. The minimum atomic E-state index is -0.475. The molecule has 98 valence electrons. The smallest absolute Gasteiger partial charge is 0.338 e. The van der Waals surface area contributed by atoms with Crippen molar-refractivity contribution < 1.29 is 14.6 Å². The second kappa shape index (κ2) is 6.36. The zero-order valence-corrected chi connectivity index (χ0v) is 11.1. The van der Waals surface area contributed by atoms with Crippen LogP contribution in [0.3, 0.4) is 0 Å². The maximum Gasteiger partial charge on any atom is 0.338 e. The van der Waals surface area contributed by atoms with Crippen molar-refractivity contribution in [1.82, 2.24) is 0 Å². The lowest BCUT2D eigenvalue weighted by atomic mass is 10.1. The highest BCUT2D eigenvalue weighted by Gasteiger charge is 2.17. The molecule has 0 aliphatic heterocycles. The van der Waals surface area contributed by atoms with Gasteiger partial charge in [-0.3, -0.25) is 0 Å². The molecule has 0 fully saturated rings. The lowest BCUT2D eigenvalue weighted by molar-refractivity contribution is 0.00695. The molecule has 0 saturated carbocycles. The molecule has 1 rings (SSSR count). The molecule has 3 heteroatoms. The topological polar surface area (TPSA) is 46.5 Å². The average Bonchev–Trinajstić information content (AvgIpc) is 2.28. The number of carbonyl (C=O) groups is 1. The molecule has 0 aliphatic rings. The summed E-state index contributed by atoms with van der Waals surface area (Å²) in [6.45, 7) is 5.68. The molecule has 3 nitrogen and oxygen atoms in total. The van der Waals surface area contributed by atoms with Crippen LogP contribution in [0.15, 0.2) is 30.3 Å². The zero-order valence-electron chi connectivity index (χ0n) is 11.1. The van der Waals surface area contributed by atoms with Gasteiger partial charge < -0.3 is 9.84 Å². The Bertz CT molecular complexity index is 410. The number of esters is 1. The van der Waals surface area contributed by atoms with E-state index in [2.05, 4.69) is 0 Å². The van der Waals surface area contributed by atoms with E-state index < -0.39 is 5.60 Å². The van der Waals surface area contributed by atoms with E-state index in [4.69, 9.17) is 9.84 Å². The summed E-state index contributed by atoms with van der Waals surface area (Å²) in [5.41, 5.74) is 1.07. The van der Waals surface area contributed by atoms with E-state index in [0.29, 0.717) is 12.0 Å². The molecule has 0 atom stereocenters. The van der Waals surface area contributed by atoms with E-state index in [1.165, 1.54) is 0 Å². The largest absolute Gasteiger partial charge is 0.456 e. The zero-order chi connectivity index (χ0) is 13.6. The van der Waals surface area contributed by atoms with E-state index in [9.17, 15) is 4.79 Å². The Morgan fingerprint density at radius 1 is 1.28 bits per heavy atom. The molecular weight excluding hydrogens is 228 g/mol. The van der Waals surface area contributed by atoms with Crippen LogP contribution in [0.4, 0.5) is 0 Å². The van der Waals surface area contributed by atoms with E-state index >= 15 is 0 Å². The second-order valence-corrected chi connectivity index (χ2v) is 5.04. The minimum Gasteiger partial charge on any atom is -0.456 e. The van der Waals surface area contributed by atoms with Crippen LogP contribution in [-0.2, 0) is 4.74 Å². The summed E-state index contributed by atoms with van der Waals surface area (Å²) in [5, 5.41) is 8.66. The third kappa shape index (κ3) is 5.15. The molecule has 0 heterocycles. The first-order valence-corrected chi connectivity index (χ1v) is 6.03. The van der Waals surface area contributed by atoms with Gasteiger partial charge in [-0.15, -0.1) is 0 Å². The molecule has 0 spiro atoms. The summed E-state index contributed by atoms with van der Waals surface area (Å²) in [5.74, 6) is -0.312. The number of aliphatic hydroxyl groups is 1. The molecule has 18 heavy (non-hydrogen) atoms. The molecule has 0 amide bonds. The van der Waals surface area contributed by atoms with Crippen molar-refractivity contribution in [2.75, 3.05) is 6.61 Å². The van der Waals surface area contributed by atoms with Crippen molar-refractivity contribution in [2.45, 2.75) is 32.8 Å². The van der Waals surface area contributed by atoms with Crippen molar-refractivity contribution in [3.05, 3.63) is 41.5 Å². The summed E-state index contributed by atoms with van der Waals surface area (Å²) in [7, 11) is 0. The van der Waals surface area contributed by atoms with Crippen LogP contribution in [0, 0.1) is 0 Å². The van der Waals surface area contributed by atoms with Crippen LogP contribution in [0.2, 0.25) is 0 Å². The van der Waals surface area contributed by atoms with Gasteiger partial charge in [0.25, 0.3) is 0 Å². The summed E-state index contributed by atoms with van der Waals surface area (Å²) < 4.78 is 5.27. The number of aliphatic hydroxyl groups excluding tert-OH is 1. The first kappa shape index (κ1) is 14.5. The monoisotopic (exact) mass is 248 g/mol. The Hall–Kier alpha value is -1.61. The quantitative estimate of drug-likeness (QED) is 0.833. The summed E-state index contributed by atoms with van der Waals surface area (Å²) in [6.07, 6.45) is 4.44. The van der Waals surface area contributed by atoms with Gasteiger partial charge in [-0.25, -0.2) is 4.79 Å². The average molecular weight is 248 g/mol. The first-order chi connectivity index (χ1) is 8.42. The third-order valence-electron chi connectivity index (χ3n) is 2.15. The van der Waals surface area contributed by atoms with E-state index in [1.54, 1.807) is 12.1 Å². The Balaban J connectivity index is 2.68. The van der Waals surface area contributed by atoms with Gasteiger partial charge in [0.2, 0.25) is 0 Å². The lowest BCUT2D eigenvalue weighted by Crippen LogP contribution is -2.23. The Morgan fingerprint density at radius 3 is 2.39 bits per heavy atom. The standard InChI is InChI=1S/C15H20O3/c1-15(2,3)18-14(17)13-9-7-12(8-10-13)6-4-5-11-16/h4,6-10,16H,5,11H2,1-3H3. The van der Waals surface area contributed by atoms with Gasteiger partial charge in [-0.1, -0.05) is 24.3 Å². The third-order valence-corrected chi connectivity index (χ3v) is 2.15. The Labute approximate surface area is 108 Å². The fraction of sp³-hybridized carbons (Fsp3) is 0.400. The molecule has 1 aromatic carbocycles. The van der Waals surface area contributed by atoms with Gasteiger partial charge in [0.05, 0.1) is 5.56 Å². The predicted octanol–water partition coefficient (Wildman–Crippen LogP) is 3.04. The molecule has 0 radical (unpaired) electrons. The molecular formula is C15H20O3.